The molecule has 1 aromatic rings. The van der Waals surface area contributed by atoms with Crippen LogP contribution in [0.25, 0.3) is 0 Å². The van der Waals surface area contributed by atoms with Crippen LogP contribution in [0, 0.1) is 0 Å². The highest BCUT2D eigenvalue weighted by Gasteiger charge is 2.27. The summed E-state index contributed by atoms with van der Waals surface area (Å²) in [5.74, 6) is 0. The lowest BCUT2D eigenvalue weighted by Gasteiger charge is -2.39. The fourth-order valence-corrected chi connectivity index (χ4v) is 2.71. The zero-order valence-electron chi connectivity index (χ0n) is 12.6. The van der Waals surface area contributed by atoms with Crippen LogP contribution in [0.4, 0.5) is 0 Å². The van der Waals surface area contributed by atoms with Crippen molar-refractivity contribution in [1.29, 1.82) is 0 Å². The minimum Gasteiger partial charge on any atom is -0.326 e. The average Bonchev–Trinajstić information content (AvgIpc) is 2.44. The molecular weight excluding hydrogens is 256 g/mol. The fraction of sp³-hybridized carbons (Fsp3) is 0.625. The molecule has 1 rings (SSSR count). The minimum absolute atomic E-state index is 0.148. The highest BCUT2D eigenvalue weighted by atomic mass is 35.5. The van der Waals surface area contributed by atoms with Crippen LogP contribution in [0.2, 0.25) is 5.02 Å². The molecule has 0 fully saturated rings. The Balaban J connectivity index is 3.09. The molecule has 2 nitrogen and oxygen atoms in total. The van der Waals surface area contributed by atoms with E-state index in [0.717, 1.165) is 24.4 Å². The van der Waals surface area contributed by atoms with Crippen LogP contribution in [0.15, 0.2) is 24.3 Å². The standard InChI is InChI=1S/C16H27ClN2/c1-5-12(4)19(7-3)16(15(18)6-2)13-8-10-14(17)11-9-13/h8-12,15-16H,5-7,18H2,1-4H3. The molecule has 0 aliphatic rings. The summed E-state index contributed by atoms with van der Waals surface area (Å²) in [5, 5.41) is 0.777. The Kier molecular flexibility index (Phi) is 6.84. The molecule has 0 heterocycles. The molecule has 3 atom stereocenters. The van der Waals surface area contributed by atoms with Gasteiger partial charge in [0.05, 0.1) is 6.04 Å². The van der Waals surface area contributed by atoms with Crippen LogP contribution in [-0.4, -0.2) is 23.5 Å². The van der Waals surface area contributed by atoms with E-state index >= 15 is 0 Å². The first-order valence-electron chi connectivity index (χ1n) is 7.31. The van der Waals surface area contributed by atoms with Gasteiger partial charge in [-0.05, 0) is 44.0 Å². The van der Waals surface area contributed by atoms with Gasteiger partial charge in [-0.1, -0.05) is 44.5 Å². The van der Waals surface area contributed by atoms with Gasteiger partial charge in [-0.2, -0.15) is 0 Å². The Hall–Kier alpha value is -0.570. The normalized spacial score (nSPS) is 16.4. The van der Waals surface area contributed by atoms with Gasteiger partial charge in [-0.25, -0.2) is 0 Å². The Morgan fingerprint density at radius 1 is 1.11 bits per heavy atom. The summed E-state index contributed by atoms with van der Waals surface area (Å²) in [5.41, 5.74) is 7.65. The Labute approximate surface area is 122 Å². The van der Waals surface area contributed by atoms with Crippen molar-refractivity contribution in [3.05, 3.63) is 34.9 Å². The molecule has 19 heavy (non-hydrogen) atoms. The highest BCUT2D eigenvalue weighted by Crippen LogP contribution is 2.28. The Bertz CT molecular complexity index is 364. The van der Waals surface area contributed by atoms with E-state index in [4.69, 9.17) is 17.3 Å². The van der Waals surface area contributed by atoms with E-state index in [0.29, 0.717) is 6.04 Å². The van der Waals surface area contributed by atoms with Gasteiger partial charge in [-0.15, -0.1) is 0 Å². The lowest BCUT2D eigenvalue weighted by molar-refractivity contribution is 0.125. The molecule has 0 aromatic heterocycles. The summed E-state index contributed by atoms with van der Waals surface area (Å²) < 4.78 is 0. The van der Waals surface area contributed by atoms with Crippen LogP contribution in [0.3, 0.4) is 0 Å². The number of halogens is 1. The minimum atomic E-state index is 0.148. The van der Waals surface area contributed by atoms with E-state index in [1.807, 2.05) is 12.1 Å². The molecule has 0 amide bonds. The molecule has 2 N–H and O–H groups in total. The summed E-state index contributed by atoms with van der Waals surface area (Å²) in [6, 6.07) is 9.06. The molecule has 0 spiro atoms. The number of likely N-dealkylation sites (N-methyl/N-ethyl adjacent to an activating group) is 1. The highest BCUT2D eigenvalue weighted by molar-refractivity contribution is 6.30. The van der Waals surface area contributed by atoms with Crippen LogP contribution in [-0.2, 0) is 0 Å². The van der Waals surface area contributed by atoms with Crippen molar-refractivity contribution < 1.29 is 0 Å². The van der Waals surface area contributed by atoms with Crippen LogP contribution in [0.5, 0.6) is 0 Å². The van der Waals surface area contributed by atoms with Gasteiger partial charge in [0.2, 0.25) is 0 Å². The van der Waals surface area contributed by atoms with Crippen LogP contribution in [0.1, 0.15) is 52.1 Å². The van der Waals surface area contributed by atoms with Crippen molar-refractivity contribution in [1.82, 2.24) is 4.90 Å². The maximum Gasteiger partial charge on any atom is 0.0501 e. The van der Waals surface area contributed by atoms with E-state index in [1.165, 1.54) is 5.56 Å². The topological polar surface area (TPSA) is 29.3 Å². The number of benzene rings is 1. The van der Waals surface area contributed by atoms with Gasteiger partial charge in [0.25, 0.3) is 0 Å². The zero-order chi connectivity index (χ0) is 14.4. The lowest BCUT2D eigenvalue weighted by atomic mass is 9.94. The van der Waals surface area contributed by atoms with Gasteiger partial charge in [-0.3, -0.25) is 4.90 Å². The van der Waals surface area contributed by atoms with Crippen molar-refractivity contribution in [3.63, 3.8) is 0 Å². The zero-order valence-corrected chi connectivity index (χ0v) is 13.3. The largest absolute Gasteiger partial charge is 0.326 e. The lowest BCUT2D eigenvalue weighted by Crippen LogP contribution is -2.44. The quantitative estimate of drug-likeness (QED) is 0.810. The van der Waals surface area contributed by atoms with E-state index in [2.05, 4.69) is 44.7 Å². The van der Waals surface area contributed by atoms with Crippen LogP contribution < -0.4 is 5.73 Å². The van der Waals surface area contributed by atoms with Gasteiger partial charge in [0, 0.05) is 17.1 Å². The van der Waals surface area contributed by atoms with Gasteiger partial charge in [0.15, 0.2) is 0 Å². The van der Waals surface area contributed by atoms with Crippen molar-refractivity contribution >= 4 is 11.6 Å². The van der Waals surface area contributed by atoms with Crippen molar-refractivity contribution in [3.8, 4) is 0 Å². The van der Waals surface area contributed by atoms with Crippen molar-refractivity contribution in [2.45, 2.75) is 58.7 Å². The molecule has 0 aliphatic heterocycles. The Morgan fingerprint density at radius 3 is 2.11 bits per heavy atom. The summed E-state index contributed by atoms with van der Waals surface area (Å²) in [6.07, 6.45) is 2.11. The molecule has 0 aliphatic carbocycles. The summed E-state index contributed by atoms with van der Waals surface area (Å²) >= 11 is 5.99. The first kappa shape index (κ1) is 16.5. The smallest absolute Gasteiger partial charge is 0.0501 e. The average molecular weight is 283 g/mol. The number of nitrogens with zero attached hydrogens (tertiary/aromatic N) is 1. The molecule has 0 bridgehead atoms. The monoisotopic (exact) mass is 282 g/mol. The van der Waals surface area contributed by atoms with Crippen molar-refractivity contribution in [2.24, 2.45) is 5.73 Å². The molecule has 0 saturated heterocycles. The van der Waals surface area contributed by atoms with E-state index < -0.39 is 0 Å². The Morgan fingerprint density at radius 2 is 1.68 bits per heavy atom. The summed E-state index contributed by atoms with van der Waals surface area (Å²) in [4.78, 5) is 2.50. The third kappa shape index (κ3) is 4.20. The molecule has 1 aromatic carbocycles. The van der Waals surface area contributed by atoms with E-state index in [9.17, 15) is 0 Å². The predicted molar refractivity (Wildman–Crippen MR) is 84.6 cm³/mol. The summed E-state index contributed by atoms with van der Waals surface area (Å²) in [6.45, 7) is 9.87. The predicted octanol–water partition coefficient (Wildman–Crippen LogP) is 4.24. The fourth-order valence-electron chi connectivity index (χ4n) is 2.58. The molecule has 0 saturated carbocycles. The summed E-state index contributed by atoms with van der Waals surface area (Å²) in [7, 11) is 0. The number of nitrogens with two attached hydrogens (primary N) is 1. The number of rotatable bonds is 7. The SMILES string of the molecule is CCC(N)C(c1ccc(Cl)cc1)N(CC)C(C)CC. The van der Waals surface area contributed by atoms with Crippen molar-refractivity contribution in [2.75, 3.05) is 6.54 Å². The molecule has 0 radical (unpaired) electrons. The number of hydrogen-bond acceptors (Lipinski definition) is 2. The number of hydrogen-bond donors (Lipinski definition) is 1. The molecular formula is C16H27ClN2. The first-order valence-corrected chi connectivity index (χ1v) is 7.69. The molecule has 108 valence electrons. The van der Waals surface area contributed by atoms with Crippen LogP contribution >= 0.6 is 11.6 Å². The second-order valence-electron chi connectivity index (χ2n) is 5.16. The second kappa shape index (κ2) is 7.88. The third-order valence-electron chi connectivity index (χ3n) is 3.97. The van der Waals surface area contributed by atoms with Gasteiger partial charge >= 0.3 is 0 Å². The third-order valence-corrected chi connectivity index (χ3v) is 4.22. The van der Waals surface area contributed by atoms with E-state index in [1.54, 1.807) is 0 Å². The molecule has 3 unspecified atom stereocenters. The van der Waals surface area contributed by atoms with E-state index in [-0.39, 0.29) is 12.1 Å². The second-order valence-corrected chi connectivity index (χ2v) is 5.59. The van der Waals surface area contributed by atoms with Gasteiger partial charge in [0.1, 0.15) is 0 Å². The first-order chi connectivity index (χ1) is 9.04. The van der Waals surface area contributed by atoms with Gasteiger partial charge < -0.3 is 5.73 Å². The maximum atomic E-state index is 6.38. The molecule has 3 heteroatoms. The maximum absolute atomic E-state index is 6.38.